The van der Waals surface area contributed by atoms with Crippen molar-refractivity contribution in [2.24, 2.45) is 0 Å². The second kappa shape index (κ2) is 6.05. The van der Waals surface area contributed by atoms with E-state index in [2.05, 4.69) is 15.9 Å². The number of halogens is 2. The van der Waals surface area contributed by atoms with Crippen LogP contribution in [-0.2, 0) is 11.3 Å². The van der Waals surface area contributed by atoms with Gasteiger partial charge in [0.25, 0.3) is 0 Å². The number of aryl methyl sites for hydroxylation is 1. The van der Waals surface area contributed by atoms with Gasteiger partial charge in [0.05, 0.1) is 5.56 Å². The lowest BCUT2D eigenvalue weighted by atomic mass is 10.1. The summed E-state index contributed by atoms with van der Waals surface area (Å²) < 4.78 is 19.0. The maximum absolute atomic E-state index is 13.1. The molecule has 0 atom stereocenters. The average Bonchev–Trinajstić information content (AvgIpc) is 2.42. The quantitative estimate of drug-likeness (QED) is 0.683. The zero-order valence-corrected chi connectivity index (χ0v) is 12.4. The van der Waals surface area contributed by atoms with Crippen LogP contribution in [0.1, 0.15) is 21.5 Å². The third kappa shape index (κ3) is 3.36. The van der Waals surface area contributed by atoms with Crippen molar-refractivity contribution in [3.05, 3.63) is 63.4 Å². The molecule has 0 saturated carbocycles. The van der Waals surface area contributed by atoms with Gasteiger partial charge in [-0.1, -0.05) is 22.0 Å². The second-order valence-corrected chi connectivity index (χ2v) is 5.24. The molecule has 5 heteroatoms. The maximum Gasteiger partial charge on any atom is 0.338 e. The van der Waals surface area contributed by atoms with Crippen LogP contribution in [0.15, 0.2) is 40.9 Å². The minimum atomic E-state index is -0.481. The topological polar surface area (TPSA) is 52.3 Å². The SMILES string of the molecule is Cc1ccc(N)cc1C(=O)OCc1cc(F)ccc1Br. The first-order valence-corrected chi connectivity index (χ1v) is 6.74. The monoisotopic (exact) mass is 337 g/mol. The van der Waals surface area contributed by atoms with Crippen molar-refractivity contribution in [1.29, 1.82) is 0 Å². The molecule has 20 heavy (non-hydrogen) atoms. The van der Waals surface area contributed by atoms with Crippen molar-refractivity contribution in [2.75, 3.05) is 5.73 Å². The number of carbonyl (C=O) groups excluding carboxylic acids is 1. The highest BCUT2D eigenvalue weighted by atomic mass is 79.9. The van der Waals surface area contributed by atoms with Crippen molar-refractivity contribution in [3.63, 3.8) is 0 Å². The summed E-state index contributed by atoms with van der Waals surface area (Å²) in [5, 5.41) is 0. The largest absolute Gasteiger partial charge is 0.457 e. The molecule has 3 nitrogen and oxygen atoms in total. The molecule has 0 spiro atoms. The van der Waals surface area contributed by atoms with Crippen LogP contribution in [0.25, 0.3) is 0 Å². The zero-order chi connectivity index (χ0) is 14.7. The van der Waals surface area contributed by atoms with Crippen LogP contribution in [0, 0.1) is 12.7 Å². The molecular formula is C15H13BrFNO2. The lowest BCUT2D eigenvalue weighted by Crippen LogP contribution is -2.08. The molecule has 0 amide bonds. The van der Waals surface area contributed by atoms with E-state index in [-0.39, 0.29) is 12.4 Å². The minimum Gasteiger partial charge on any atom is -0.457 e. The van der Waals surface area contributed by atoms with Gasteiger partial charge < -0.3 is 10.5 Å². The minimum absolute atomic E-state index is 0.00852. The Morgan fingerprint density at radius 2 is 2.05 bits per heavy atom. The number of benzene rings is 2. The Hall–Kier alpha value is -1.88. The molecule has 2 rings (SSSR count). The molecule has 0 unspecified atom stereocenters. The molecule has 0 aliphatic heterocycles. The highest BCUT2D eigenvalue weighted by molar-refractivity contribution is 9.10. The van der Waals surface area contributed by atoms with Gasteiger partial charge in [-0.05, 0) is 42.8 Å². The van der Waals surface area contributed by atoms with E-state index < -0.39 is 5.97 Å². The van der Waals surface area contributed by atoms with E-state index in [1.165, 1.54) is 12.1 Å². The molecule has 0 saturated heterocycles. The lowest BCUT2D eigenvalue weighted by Gasteiger charge is -2.09. The average molecular weight is 338 g/mol. The zero-order valence-electron chi connectivity index (χ0n) is 10.8. The summed E-state index contributed by atoms with van der Waals surface area (Å²) in [5.41, 5.74) is 7.91. The van der Waals surface area contributed by atoms with E-state index in [1.807, 2.05) is 0 Å². The summed E-state index contributed by atoms with van der Waals surface area (Å²) in [4.78, 5) is 12.0. The molecule has 104 valence electrons. The Morgan fingerprint density at radius 3 is 2.80 bits per heavy atom. The number of anilines is 1. The molecule has 2 aromatic carbocycles. The first-order chi connectivity index (χ1) is 9.47. The van der Waals surface area contributed by atoms with Gasteiger partial charge in [-0.3, -0.25) is 0 Å². The third-order valence-electron chi connectivity index (χ3n) is 2.85. The van der Waals surface area contributed by atoms with E-state index in [9.17, 15) is 9.18 Å². The van der Waals surface area contributed by atoms with Gasteiger partial charge in [-0.25, -0.2) is 9.18 Å². The summed E-state index contributed by atoms with van der Waals surface area (Å²) in [7, 11) is 0. The van der Waals surface area contributed by atoms with Crippen molar-refractivity contribution < 1.29 is 13.9 Å². The van der Waals surface area contributed by atoms with Crippen LogP contribution in [0.4, 0.5) is 10.1 Å². The van der Waals surface area contributed by atoms with Crippen molar-refractivity contribution in [1.82, 2.24) is 0 Å². The number of carbonyl (C=O) groups is 1. The molecule has 0 aliphatic carbocycles. The standard InChI is InChI=1S/C15H13BrFNO2/c1-9-2-4-12(18)7-13(9)15(19)20-8-10-6-11(17)3-5-14(10)16/h2-7H,8,18H2,1H3. The Labute approximate surface area is 124 Å². The molecule has 0 bridgehead atoms. The van der Waals surface area contributed by atoms with Gasteiger partial charge in [0.2, 0.25) is 0 Å². The highest BCUT2D eigenvalue weighted by Gasteiger charge is 2.12. The molecule has 2 aromatic rings. The Morgan fingerprint density at radius 1 is 1.30 bits per heavy atom. The van der Waals surface area contributed by atoms with Gasteiger partial charge in [-0.15, -0.1) is 0 Å². The predicted molar refractivity (Wildman–Crippen MR) is 78.8 cm³/mol. The molecule has 0 heterocycles. The Kier molecular flexibility index (Phi) is 4.39. The number of rotatable bonds is 3. The van der Waals surface area contributed by atoms with Crippen LogP contribution in [0.3, 0.4) is 0 Å². The molecule has 0 aromatic heterocycles. The maximum atomic E-state index is 13.1. The van der Waals surface area contributed by atoms with Crippen molar-refractivity contribution in [3.8, 4) is 0 Å². The van der Waals surface area contributed by atoms with Crippen LogP contribution < -0.4 is 5.73 Å². The van der Waals surface area contributed by atoms with E-state index in [0.29, 0.717) is 21.3 Å². The fraction of sp³-hybridized carbons (Fsp3) is 0.133. The first-order valence-electron chi connectivity index (χ1n) is 5.94. The smallest absolute Gasteiger partial charge is 0.338 e. The van der Waals surface area contributed by atoms with Gasteiger partial charge >= 0.3 is 5.97 Å². The Balaban J connectivity index is 2.12. The number of hydrogen-bond donors (Lipinski definition) is 1. The van der Waals surface area contributed by atoms with Gasteiger partial charge in [-0.2, -0.15) is 0 Å². The first kappa shape index (κ1) is 14.5. The normalized spacial score (nSPS) is 10.3. The summed E-state index contributed by atoms with van der Waals surface area (Å²) >= 11 is 3.28. The lowest BCUT2D eigenvalue weighted by molar-refractivity contribution is 0.0470. The summed E-state index contributed by atoms with van der Waals surface area (Å²) in [6.07, 6.45) is 0. The number of hydrogen-bond acceptors (Lipinski definition) is 3. The van der Waals surface area contributed by atoms with Crippen LogP contribution in [0.2, 0.25) is 0 Å². The molecule has 0 radical (unpaired) electrons. The van der Waals surface area contributed by atoms with E-state index in [0.717, 1.165) is 5.56 Å². The molecule has 0 aliphatic rings. The van der Waals surface area contributed by atoms with E-state index in [1.54, 1.807) is 31.2 Å². The number of nitrogens with two attached hydrogens (primary N) is 1. The van der Waals surface area contributed by atoms with Gasteiger partial charge in [0.1, 0.15) is 12.4 Å². The van der Waals surface area contributed by atoms with Crippen LogP contribution >= 0.6 is 15.9 Å². The summed E-state index contributed by atoms with van der Waals surface area (Å²) in [5.74, 6) is -0.856. The molecule has 2 N–H and O–H groups in total. The Bertz CT molecular complexity index is 658. The fourth-order valence-corrected chi connectivity index (χ4v) is 2.10. The summed E-state index contributed by atoms with van der Waals surface area (Å²) in [6.45, 7) is 1.79. The predicted octanol–water partition coefficient (Wildman–Crippen LogP) is 3.84. The third-order valence-corrected chi connectivity index (χ3v) is 3.62. The van der Waals surface area contributed by atoms with Crippen LogP contribution in [0.5, 0.6) is 0 Å². The van der Waals surface area contributed by atoms with Gasteiger partial charge in [0, 0.05) is 15.7 Å². The van der Waals surface area contributed by atoms with Crippen LogP contribution in [-0.4, -0.2) is 5.97 Å². The van der Waals surface area contributed by atoms with Gasteiger partial charge in [0.15, 0.2) is 0 Å². The fourth-order valence-electron chi connectivity index (χ4n) is 1.73. The second-order valence-electron chi connectivity index (χ2n) is 4.39. The van der Waals surface area contributed by atoms with E-state index >= 15 is 0 Å². The number of esters is 1. The van der Waals surface area contributed by atoms with E-state index in [4.69, 9.17) is 10.5 Å². The highest BCUT2D eigenvalue weighted by Crippen LogP contribution is 2.20. The molecular weight excluding hydrogens is 325 g/mol. The van der Waals surface area contributed by atoms with Crippen molar-refractivity contribution in [2.45, 2.75) is 13.5 Å². The molecule has 0 fully saturated rings. The summed E-state index contributed by atoms with van der Waals surface area (Å²) in [6, 6.07) is 9.27. The number of ether oxygens (including phenoxy) is 1. The number of nitrogen functional groups attached to an aromatic ring is 1. The van der Waals surface area contributed by atoms with Crippen molar-refractivity contribution >= 4 is 27.6 Å².